The standard InChI is InChI=1S/C11H13N3O/c1-10(15)14(7-3-5-12)9-11-4-2-6-13-8-11/h2,4,6,8H,3,7,9H2,1H3. The maximum absolute atomic E-state index is 11.3. The van der Waals surface area contributed by atoms with Crippen molar-refractivity contribution in [3.63, 3.8) is 0 Å². The second-order valence-corrected chi connectivity index (χ2v) is 3.21. The van der Waals surface area contributed by atoms with Gasteiger partial charge in [0.2, 0.25) is 5.91 Å². The predicted octanol–water partition coefficient (Wildman–Crippen LogP) is 1.34. The molecule has 0 aromatic carbocycles. The molecule has 0 saturated carbocycles. The monoisotopic (exact) mass is 203 g/mol. The van der Waals surface area contributed by atoms with Gasteiger partial charge < -0.3 is 4.90 Å². The molecule has 0 spiro atoms. The molecule has 1 aromatic heterocycles. The Bertz CT molecular complexity index is 356. The van der Waals surface area contributed by atoms with E-state index in [1.165, 1.54) is 6.92 Å². The summed E-state index contributed by atoms with van der Waals surface area (Å²) in [6, 6.07) is 5.77. The predicted molar refractivity (Wildman–Crippen MR) is 55.6 cm³/mol. The number of hydrogen-bond donors (Lipinski definition) is 0. The average Bonchev–Trinajstić information content (AvgIpc) is 2.25. The summed E-state index contributed by atoms with van der Waals surface area (Å²) in [6.45, 7) is 2.50. The third-order valence-electron chi connectivity index (χ3n) is 2.04. The topological polar surface area (TPSA) is 57.0 Å². The van der Waals surface area contributed by atoms with E-state index in [1.807, 2.05) is 18.2 Å². The normalized spacial score (nSPS) is 9.33. The van der Waals surface area contributed by atoms with Gasteiger partial charge in [0, 0.05) is 32.4 Å². The molecule has 0 fully saturated rings. The van der Waals surface area contributed by atoms with Gasteiger partial charge >= 0.3 is 0 Å². The fourth-order valence-corrected chi connectivity index (χ4v) is 1.24. The van der Waals surface area contributed by atoms with Crippen molar-refractivity contribution >= 4 is 5.91 Å². The van der Waals surface area contributed by atoms with Gasteiger partial charge in [0.15, 0.2) is 0 Å². The summed E-state index contributed by atoms with van der Waals surface area (Å²) in [5, 5.41) is 8.46. The van der Waals surface area contributed by atoms with Gasteiger partial charge in [-0.2, -0.15) is 5.26 Å². The molecule has 0 bridgehead atoms. The number of carbonyl (C=O) groups is 1. The zero-order chi connectivity index (χ0) is 11.1. The lowest BCUT2D eigenvalue weighted by Gasteiger charge is -2.19. The summed E-state index contributed by atoms with van der Waals surface area (Å²) in [6.07, 6.45) is 3.78. The summed E-state index contributed by atoms with van der Waals surface area (Å²) >= 11 is 0. The number of hydrogen-bond acceptors (Lipinski definition) is 3. The summed E-state index contributed by atoms with van der Waals surface area (Å²) < 4.78 is 0. The van der Waals surface area contributed by atoms with E-state index in [2.05, 4.69) is 4.98 Å². The van der Waals surface area contributed by atoms with E-state index in [4.69, 9.17) is 5.26 Å². The Kier molecular flexibility index (Phi) is 4.30. The van der Waals surface area contributed by atoms with E-state index < -0.39 is 0 Å². The van der Waals surface area contributed by atoms with Crippen LogP contribution in [0.2, 0.25) is 0 Å². The molecule has 1 rings (SSSR count). The van der Waals surface area contributed by atoms with Gasteiger partial charge in [0.05, 0.1) is 12.5 Å². The van der Waals surface area contributed by atoms with E-state index >= 15 is 0 Å². The lowest BCUT2D eigenvalue weighted by atomic mass is 10.2. The lowest BCUT2D eigenvalue weighted by molar-refractivity contribution is -0.129. The Hall–Kier alpha value is -1.89. The fourth-order valence-electron chi connectivity index (χ4n) is 1.24. The zero-order valence-electron chi connectivity index (χ0n) is 8.68. The van der Waals surface area contributed by atoms with Gasteiger partial charge in [-0.05, 0) is 11.6 Å². The molecule has 4 nitrogen and oxygen atoms in total. The first kappa shape index (κ1) is 11.2. The zero-order valence-corrected chi connectivity index (χ0v) is 8.68. The van der Waals surface area contributed by atoms with Crippen LogP contribution >= 0.6 is 0 Å². The summed E-state index contributed by atoms with van der Waals surface area (Å²) in [5.74, 6) is -0.0193. The average molecular weight is 203 g/mol. The Morgan fingerprint density at radius 3 is 3.00 bits per heavy atom. The van der Waals surface area contributed by atoms with Gasteiger partial charge in [-0.1, -0.05) is 6.07 Å². The molecule has 0 saturated heterocycles. The number of pyridine rings is 1. The Morgan fingerprint density at radius 1 is 1.67 bits per heavy atom. The quantitative estimate of drug-likeness (QED) is 0.742. The van der Waals surface area contributed by atoms with E-state index in [-0.39, 0.29) is 5.91 Å². The first-order valence-electron chi connectivity index (χ1n) is 4.75. The van der Waals surface area contributed by atoms with Gasteiger partial charge in [-0.25, -0.2) is 0 Å². The molecule has 0 radical (unpaired) electrons. The van der Waals surface area contributed by atoms with Crippen molar-refractivity contribution in [2.45, 2.75) is 19.9 Å². The van der Waals surface area contributed by atoms with Crippen molar-refractivity contribution in [1.29, 1.82) is 5.26 Å². The number of amides is 1. The molecule has 4 heteroatoms. The van der Waals surface area contributed by atoms with Crippen LogP contribution in [0.15, 0.2) is 24.5 Å². The number of nitriles is 1. The largest absolute Gasteiger partial charge is 0.338 e. The SMILES string of the molecule is CC(=O)N(CCC#N)Cc1cccnc1. The molecular formula is C11H13N3O. The van der Waals surface area contributed by atoms with Gasteiger partial charge in [-0.15, -0.1) is 0 Å². The second kappa shape index (κ2) is 5.76. The molecule has 0 unspecified atom stereocenters. The second-order valence-electron chi connectivity index (χ2n) is 3.21. The molecule has 0 aliphatic rings. The number of carbonyl (C=O) groups excluding carboxylic acids is 1. The smallest absolute Gasteiger partial charge is 0.219 e. The van der Waals surface area contributed by atoms with Crippen molar-refractivity contribution < 1.29 is 4.79 Å². The summed E-state index contributed by atoms with van der Waals surface area (Å²) in [7, 11) is 0. The van der Waals surface area contributed by atoms with Crippen LogP contribution in [0.5, 0.6) is 0 Å². The molecule has 78 valence electrons. The number of rotatable bonds is 4. The maximum Gasteiger partial charge on any atom is 0.219 e. The van der Waals surface area contributed by atoms with Crippen LogP contribution in [0.1, 0.15) is 18.9 Å². The Labute approximate surface area is 89.2 Å². The number of nitrogens with zero attached hydrogens (tertiary/aromatic N) is 3. The van der Waals surface area contributed by atoms with Crippen LogP contribution in [-0.2, 0) is 11.3 Å². The van der Waals surface area contributed by atoms with E-state index in [0.29, 0.717) is 19.5 Å². The lowest BCUT2D eigenvalue weighted by Crippen LogP contribution is -2.29. The van der Waals surface area contributed by atoms with Crippen molar-refractivity contribution in [1.82, 2.24) is 9.88 Å². The minimum atomic E-state index is -0.0193. The van der Waals surface area contributed by atoms with Gasteiger partial charge in [-0.3, -0.25) is 9.78 Å². The third kappa shape index (κ3) is 3.77. The van der Waals surface area contributed by atoms with Gasteiger partial charge in [0.25, 0.3) is 0 Å². The first-order chi connectivity index (χ1) is 7.24. The Morgan fingerprint density at radius 2 is 2.47 bits per heavy atom. The molecular weight excluding hydrogens is 190 g/mol. The minimum Gasteiger partial charge on any atom is -0.338 e. The minimum absolute atomic E-state index is 0.0193. The van der Waals surface area contributed by atoms with Gasteiger partial charge in [0.1, 0.15) is 0 Å². The summed E-state index contributed by atoms with van der Waals surface area (Å²) in [4.78, 5) is 16.9. The van der Waals surface area contributed by atoms with Crippen LogP contribution in [0.3, 0.4) is 0 Å². The third-order valence-corrected chi connectivity index (χ3v) is 2.04. The van der Waals surface area contributed by atoms with E-state index in [0.717, 1.165) is 5.56 Å². The molecule has 0 atom stereocenters. The summed E-state index contributed by atoms with van der Waals surface area (Å²) in [5.41, 5.74) is 0.977. The molecule has 1 heterocycles. The van der Waals surface area contributed by atoms with E-state index in [9.17, 15) is 4.79 Å². The molecule has 1 aromatic rings. The maximum atomic E-state index is 11.3. The van der Waals surface area contributed by atoms with Crippen LogP contribution in [0, 0.1) is 11.3 Å². The highest BCUT2D eigenvalue weighted by Gasteiger charge is 2.08. The molecule has 0 N–H and O–H groups in total. The highest BCUT2D eigenvalue weighted by Crippen LogP contribution is 2.03. The molecule has 0 aliphatic carbocycles. The first-order valence-corrected chi connectivity index (χ1v) is 4.75. The molecule has 1 amide bonds. The van der Waals surface area contributed by atoms with Crippen LogP contribution in [-0.4, -0.2) is 22.3 Å². The van der Waals surface area contributed by atoms with Crippen LogP contribution in [0.4, 0.5) is 0 Å². The highest BCUT2D eigenvalue weighted by molar-refractivity contribution is 5.73. The van der Waals surface area contributed by atoms with Crippen molar-refractivity contribution in [2.75, 3.05) is 6.54 Å². The molecule has 0 aliphatic heterocycles. The fraction of sp³-hybridized carbons (Fsp3) is 0.364. The van der Waals surface area contributed by atoms with Crippen molar-refractivity contribution in [2.24, 2.45) is 0 Å². The molecule has 15 heavy (non-hydrogen) atoms. The Balaban J connectivity index is 2.60. The van der Waals surface area contributed by atoms with Crippen LogP contribution in [0.25, 0.3) is 0 Å². The highest BCUT2D eigenvalue weighted by atomic mass is 16.2. The van der Waals surface area contributed by atoms with Crippen molar-refractivity contribution in [3.8, 4) is 6.07 Å². The van der Waals surface area contributed by atoms with Crippen molar-refractivity contribution in [3.05, 3.63) is 30.1 Å². The number of aromatic nitrogens is 1. The van der Waals surface area contributed by atoms with E-state index in [1.54, 1.807) is 17.3 Å². The van der Waals surface area contributed by atoms with Crippen LogP contribution < -0.4 is 0 Å².